The van der Waals surface area contributed by atoms with E-state index in [1.807, 2.05) is 52.0 Å². The highest BCUT2D eigenvalue weighted by atomic mass is 16.6. The molecule has 3 N–H and O–H groups in total. The Labute approximate surface area is 197 Å². The molecule has 0 unspecified atom stereocenters. The van der Waals surface area contributed by atoms with Crippen molar-refractivity contribution in [2.24, 2.45) is 0 Å². The number of nitrogens with zero attached hydrogens (tertiary/aromatic N) is 1. The first kappa shape index (κ1) is 26.3. The third kappa shape index (κ3) is 8.85. The van der Waals surface area contributed by atoms with E-state index in [0.717, 1.165) is 11.1 Å². The first-order valence-corrected chi connectivity index (χ1v) is 11.2. The number of rotatable bonds is 7. The van der Waals surface area contributed by atoms with Crippen LogP contribution in [0.25, 0.3) is 0 Å². The van der Waals surface area contributed by atoms with Gasteiger partial charge in [0.15, 0.2) is 0 Å². The molecule has 0 aliphatic carbocycles. The molecule has 0 radical (unpaired) electrons. The number of aromatic nitrogens is 1. The number of hydrogen-bond acceptors (Lipinski definition) is 5. The summed E-state index contributed by atoms with van der Waals surface area (Å²) in [6.45, 7) is 13.0. The first-order valence-electron chi connectivity index (χ1n) is 11.2. The molecule has 1 aromatic carbocycles. The van der Waals surface area contributed by atoms with Crippen LogP contribution in [0.3, 0.4) is 0 Å². The van der Waals surface area contributed by atoms with Gasteiger partial charge in [-0.2, -0.15) is 0 Å². The Morgan fingerprint density at radius 3 is 2.30 bits per heavy atom. The number of aliphatic hydroxyl groups is 1. The standard InChI is InChI=1S/C26H37N3O4/c1-17-11-8-9-12-18(17)15-21(28-24(32)33-26(5,6)7)22(30)16-20-19(13-10-14-27-20)23(31)29-25(2,3)4/h8-14,21-22,30H,15-16H2,1-7H3,(H,28,32)(H,29,31)/t21-,22-/m1/s1. The van der Waals surface area contributed by atoms with Gasteiger partial charge in [0.2, 0.25) is 0 Å². The van der Waals surface area contributed by atoms with Crippen LogP contribution >= 0.6 is 0 Å². The fourth-order valence-electron chi connectivity index (χ4n) is 3.37. The Hall–Kier alpha value is -2.93. The molecule has 33 heavy (non-hydrogen) atoms. The van der Waals surface area contributed by atoms with Crippen molar-refractivity contribution in [1.82, 2.24) is 15.6 Å². The van der Waals surface area contributed by atoms with Gasteiger partial charge < -0.3 is 20.5 Å². The lowest BCUT2D eigenvalue weighted by Gasteiger charge is -2.28. The highest BCUT2D eigenvalue weighted by Gasteiger charge is 2.28. The summed E-state index contributed by atoms with van der Waals surface area (Å²) in [5, 5.41) is 16.9. The zero-order chi connectivity index (χ0) is 24.8. The second kappa shape index (κ2) is 10.8. The quantitative estimate of drug-likeness (QED) is 0.587. The van der Waals surface area contributed by atoms with Crippen LogP contribution in [0.4, 0.5) is 4.79 Å². The molecule has 0 saturated heterocycles. The Balaban J connectivity index is 2.27. The molecular formula is C26H37N3O4. The predicted octanol–water partition coefficient (Wildman–Crippen LogP) is 3.96. The zero-order valence-corrected chi connectivity index (χ0v) is 20.7. The molecule has 0 saturated carbocycles. The van der Waals surface area contributed by atoms with E-state index in [-0.39, 0.29) is 12.3 Å². The molecular weight excluding hydrogens is 418 g/mol. The number of aryl methyl sites for hydroxylation is 1. The van der Waals surface area contributed by atoms with Gasteiger partial charge in [-0.15, -0.1) is 0 Å². The minimum Gasteiger partial charge on any atom is -0.444 e. The highest BCUT2D eigenvalue weighted by molar-refractivity contribution is 5.95. The molecule has 0 fully saturated rings. The molecule has 2 aromatic rings. The highest BCUT2D eigenvalue weighted by Crippen LogP contribution is 2.17. The fraction of sp³-hybridized carbons (Fsp3) is 0.500. The van der Waals surface area contributed by atoms with Crippen LogP contribution in [0.15, 0.2) is 42.6 Å². The normalized spacial score (nSPS) is 13.7. The Kier molecular flexibility index (Phi) is 8.61. The summed E-state index contributed by atoms with van der Waals surface area (Å²) in [5.41, 5.74) is 1.86. The monoisotopic (exact) mass is 455 g/mol. The Morgan fingerprint density at radius 1 is 1.03 bits per heavy atom. The van der Waals surface area contributed by atoms with Crippen molar-refractivity contribution in [3.05, 3.63) is 65.0 Å². The molecule has 180 valence electrons. The van der Waals surface area contributed by atoms with Gasteiger partial charge in [0, 0.05) is 18.2 Å². The summed E-state index contributed by atoms with van der Waals surface area (Å²) in [6.07, 6.45) is 0.497. The van der Waals surface area contributed by atoms with Gasteiger partial charge in [0.1, 0.15) is 5.60 Å². The number of pyridine rings is 1. The van der Waals surface area contributed by atoms with Crippen LogP contribution in [-0.4, -0.2) is 45.4 Å². The maximum atomic E-state index is 12.8. The van der Waals surface area contributed by atoms with Gasteiger partial charge in [0.05, 0.1) is 23.4 Å². The summed E-state index contributed by atoms with van der Waals surface area (Å²) >= 11 is 0. The van der Waals surface area contributed by atoms with Gasteiger partial charge in [-0.1, -0.05) is 24.3 Å². The smallest absolute Gasteiger partial charge is 0.407 e. The molecule has 1 heterocycles. The summed E-state index contributed by atoms with van der Waals surface area (Å²) in [6, 6.07) is 10.6. The van der Waals surface area contributed by atoms with Crippen molar-refractivity contribution < 1.29 is 19.4 Å². The van der Waals surface area contributed by atoms with E-state index in [9.17, 15) is 14.7 Å². The third-order valence-electron chi connectivity index (χ3n) is 4.89. The summed E-state index contributed by atoms with van der Waals surface area (Å²) < 4.78 is 5.41. The maximum Gasteiger partial charge on any atom is 0.407 e. The predicted molar refractivity (Wildman–Crippen MR) is 129 cm³/mol. The molecule has 0 aliphatic rings. The van der Waals surface area contributed by atoms with E-state index in [2.05, 4.69) is 15.6 Å². The third-order valence-corrected chi connectivity index (χ3v) is 4.89. The average molecular weight is 456 g/mol. The number of nitrogens with one attached hydrogen (secondary N) is 2. The number of alkyl carbamates (subject to hydrolysis) is 1. The van der Waals surface area contributed by atoms with Crippen LogP contribution in [-0.2, 0) is 17.6 Å². The number of amides is 2. The van der Waals surface area contributed by atoms with E-state index in [0.29, 0.717) is 17.7 Å². The van der Waals surface area contributed by atoms with Crippen molar-refractivity contribution >= 4 is 12.0 Å². The lowest BCUT2D eigenvalue weighted by atomic mass is 9.94. The molecule has 0 bridgehead atoms. The lowest BCUT2D eigenvalue weighted by molar-refractivity contribution is 0.0420. The molecule has 0 aliphatic heterocycles. The van der Waals surface area contributed by atoms with E-state index in [1.165, 1.54) is 0 Å². The van der Waals surface area contributed by atoms with Crippen LogP contribution in [0.2, 0.25) is 0 Å². The summed E-state index contributed by atoms with van der Waals surface area (Å²) in [5.74, 6) is -0.256. The Bertz CT molecular complexity index is 960. The van der Waals surface area contributed by atoms with E-state index in [1.54, 1.807) is 39.1 Å². The van der Waals surface area contributed by atoms with Crippen molar-refractivity contribution in [1.29, 1.82) is 0 Å². The Morgan fingerprint density at radius 2 is 1.70 bits per heavy atom. The van der Waals surface area contributed by atoms with E-state index < -0.39 is 29.4 Å². The number of hydrogen-bond donors (Lipinski definition) is 3. The molecule has 2 rings (SSSR count). The minimum absolute atomic E-state index is 0.0973. The first-order chi connectivity index (χ1) is 15.2. The summed E-state index contributed by atoms with van der Waals surface area (Å²) in [7, 11) is 0. The van der Waals surface area contributed by atoms with E-state index >= 15 is 0 Å². The largest absolute Gasteiger partial charge is 0.444 e. The number of aliphatic hydroxyl groups excluding tert-OH is 1. The minimum atomic E-state index is -0.992. The van der Waals surface area contributed by atoms with Crippen LogP contribution in [0, 0.1) is 6.92 Å². The molecule has 2 atom stereocenters. The molecule has 0 spiro atoms. The molecule has 2 amide bonds. The van der Waals surface area contributed by atoms with Gasteiger partial charge >= 0.3 is 6.09 Å². The molecule has 7 nitrogen and oxygen atoms in total. The molecule has 7 heteroatoms. The van der Waals surface area contributed by atoms with Crippen molar-refractivity contribution in [3.63, 3.8) is 0 Å². The summed E-state index contributed by atoms with van der Waals surface area (Å²) in [4.78, 5) is 29.6. The number of carbonyl (C=O) groups is 2. The van der Waals surface area contributed by atoms with E-state index in [4.69, 9.17) is 4.74 Å². The SMILES string of the molecule is Cc1ccccc1C[C@@H](NC(=O)OC(C)(C)C)[C@H](O)Cc1ncccc1C(=O)NC(C)(C)C. The van der Waals surface area contributed by atoms with Crippen molar-refractivity contribution in [2.75, 3.05) is 0 Å². The average Bonchev–Trinajstić information content (AvgIpc) is 2.66. The molecule has 1 aromatic heterocycles. The van der Waals surface area contributed by atoms with Crippen LogP contribution < -0.4 is 10.6 Å². The topological polar surface area (TPSA) is 101 Å². The fourth-order valence-corrected chi connectivity index (χ4v) is 3.37. The van der Waals surface area contributed by atoms with Crippen molar-refractivity contribution in [3.8, 4) is 0 Å². The van der Waals surface area contributed by atoms with Gasteiger partial charge in [-0.3, -0.25) is 9.78 Å². The number of benzene rings is 1. The maximum absolute atomic E-state index is 12.8. The number of carbonyl (C=O) groups excluding carboxylic acids is 2. The van der Waals surface area contributed by atoms with Gasteiger partial charge in [0.25, 0.3) is 5.91 Å². The van der Waals surface area contributed by atoms with Crippen molar-refractivity contribution in [2.45, 2.75) is 84.6 Å². The second-order valence-electron chi connectivity index (χ2n) is 10.4. The lowest BCUT2D eigenvalue weighted by Crippen LogP contribution is -2.48. The number of ether oxygens (including phenoxy) is 1. The zero-order valence-electron chi connectivity index (χ0n) is 20.7. The van der Waals surface area contributed by atoms with Crippen LogP contribution in [0.1, 0.15) is 68.7 Å². The van der Waals surface area contributed by atoms with Gasteiger partial charge in [-0.25, -0.2) is 4.79 Å². The van der Waals surface area contributed by atoms with Crippen LogP contribution in [0.5, 0.6) is 0 Å². The second-order valence-corrected chi connectivity index (χ2v) is 10.4. The van der Waals surface area contributed by atoms with Gasteiger partial charge in [-0.05, 0) is 78.1 Å².